The molecule has 17 heavy (non-hydrogen) atoms. The highest BCUT2D eigenvalue weighted by Crippen LogP contribution is 2.25. The van der Waals surface area contributed by atoms with Crippen molar-refractivity contribution in [2.45, 2.75) is 26.7 Å². The molecule has 0 aliphatic carbocycles. The van der Waals surface area contributed by atoms with Crippen LogP contribution in [-0.4, -0.2) is 22.6 Å². The lowest BCUT2D eigenvalue weighted by atomic mass is 10.1. The Hall–Kier alpha value is -1.16. The predicted octanol–water partition coefficient (Wildman–Crippen LogP) is 3.00. The Kier molecular flexibility index (Phi) is 5.91. The average Bonchev–Trinajstić information content (AvgIpc) is 2.30. The summed E-state index contributed by atoms with van der Waals surface area (Å²) in [6, 6.07) is 5.00. The molecule has 4 heteroatoms. The van der Waals surface area contributed by atoms with Gasteiger partial charge in [0, 0.05) is 6.42 Å². The molecule has 0 aliphatic heterocycles. The molecule has 0 aliphatic rings. The summed E-state index contributed by atoms with van der Waals surface area (Å²) in [6.45, 7) is 4.45. The molecular weight excluding hydrogens is 236 g/mol. The van der Waals surface area contributed by atoms with Crippen LogP contribution >= 0.6 is 11.8 Å². The maximum Gasteiger partial charge on any atom is 0.189 e. The third-order valence-electron chi connectivity index (χ3n) is 2.25. The topological polar surface area (TPSA) is 46.5 Å². The second-order valence-electron chi connectivity index (χ2n) is 3.53. The quantitative estimate of drug-likeness (QED) is 0.847. The number of aryl methyl sites for hydroxylation is 1. The Bertz CT molecular complexity index is 377. The van der Waals surface area contributed by atoms with Crippen LogP contribution < -0.4 is 4.74 Å². The number of rotatable bonds is 6. The summed E-state index contributed by atoms with van der Waals surface area (Å²) < 4.78 is 5.46. The minimum absolute atomic E-state index is 0.179. The summed E-state index contributed by atoms with van der Waals surface area (Å²) in [6.07, 6.45) is 1.08. The van der Waals surface area contributed by atoms with Crippen molar-refractivity contribution >= 4 is 16.9 Å². The predicted molar refractivity (Wildman–Crippen MR) is 70.7 cm³/mol. The van der Waals surface area contributed by atoms with Gasteiger partial charge < -0.3 is 9.84 Å². The lowest BCUT2D eigenvalue weighted by Gasteiger charge is -2.10. The van der Waals surface area contributed by atoms with Gasteiger partial charge in [-0.25, -0.2) is 0 Å². The molecule has 0 atom stereocenters. The van der Waals surface area contributed by atoms with E-state index in [1.165, 1.54) is 11.8 Å². The number of carbonyl (C=O) groups is 1. The average molecular weight is 254 g/mol. The van der Waals surface area contributed by atoms with E-state index in [0.717, 1.165) is 17.1 Å². The highest BCUT2D eigenvalue weighted by atomic mass is 32.2. The monoisotopic (exact) mass is 254 g/mol. The number of hydrogen-bond acceptors (Lipinski definition) is 4. The summed E-state index contributed by atoms with van der Waals surface area (Å²) in [5.41, 5.74) is 0.886. The number of hydrogen-bond donors (Lipinski definition) is 1. The van der Waals surface area contributed by atoms with Crippen molar-refractivity contribution in [3.8, 4) is 11.5 Å². The first-order chi connectivity index (χ1) is 8.17. The first-order valence-electron chi connectivity index (χ1n) is 5.77. The van der Waals surface area contributed by atoms with Crippen LogP contribution in [0.25, 0.3) is 0 Å². The highest BCUT2D eigenvalue weighted by molar-refractivity contribution is 8.13. The van der Waals surface area contributed by atoms with Crippen LogP contribution in [0.2, 0.25) is 0 Å². The Morgan fingerprint density at radius 2 is 2.18 bits per heavy atom. The zero-order valence-corrected chi connectivity index (χ0v) is 11.0. The molecule has 0 unspecified atom stereocenters. The zero-order chi connectivity index (χ0) is 12.7. The van der Waals surface area contributed by atoms with Crippen molar-refractivity contribution in [2.24, 2.45) is 0 Å². The maximum absolute atomic E-state index is 11.4. The van der Waals surface area contributed by atoms with E-state index in [4.69, 9.17) is 4.74 Å². The smallest absolute Gasteiger partial charge is 0.189 e. The van der Waals surface area contributed by atoms with E-state index in [1.54, 1.807) is 18.2 Å². The summed E-state index contributed by atoms with van der Waals surface area (Å²) in [5.74, 6) is 1.76. The van der Waals surface area contributed by atoms with E-state index in [2.05, 4.69) is 0 Å². The van der Waals surface area contributed by atoms with Gasteiger partial charge in [0.15, 0.2) is 5.12 Å². The van der Waals surface area contributed by atoms with E-state index in [0.29, 0.717) is 19.4 Å². The van der Waals surface area contributed by atoms with E-state index >= 15 is 0 Å². The largest absolute Gasteiger partial charge is 0.508 e. The molecule has 0 saturated heterocycles. The molecular formula is C13H18O3S. The van der Waals surface area contributed by atoms with Crippen molar-refractivity contribution in [3.63, 3.8) is 0 Å². The minimum atomic E-state index is 0.179. The van der Waals surface area contributed by atoms with Crippen molar-refractivity contribution < 1.29 is 14.6 Å². The fourth-order valence-electron chi connectivity index (χ4n) is 1.53. The minimum Gasteiger partial charge on any atom is -0.508 e. The molecule has 0 saturated carbocycles. The van der Waals surface area contributed by atoms with Crippen molar-refractivity contribution in [3.05, 3.63) is 23.8 Å². The number of ether oxygens (including phenoxy) is 1. The zero-order valence-electron chi connectivity index (χ0n) is 10.2. The van der Waals surface area contributed by atoms with E-state index in [9.17, 15) is 9.90 Å². The van der Waals surface area contributed by atoms with Gasteiger partial charge in [-0.2, -0.15) is 0 Å². The number of phenols is 1. The van der Waals surface area contributed by atoms with Gasteiger partial charge in [0.05, 0.1) is 6.61 Å². The van der Waals surface area contributed by atoms with Crippen LogP contribution in [0.5, 0.6) is 11.5 Å². The van der Waals surface area contributed by atoms with Crippen LogP contribution in [0.4, 0.5) is 0 Å². The first kappa shape index (κ1) is 13.9. The third-order valence-corrected chi connectivity index (χ3v) is 3.06. The fourth-order valence-corrected chi connectivity index (χ4v) is 2.10. The summed E-state index contributed by atoms with van der Waals surface area (Å²) in [5, 5.41) is 9.61. The summed E-state index contributed by atoms with van der Waals surface area (Å²) >= 11 is 1.33. The Morgan fingerprint density at radius 1 is 1.41 bits per heavy atom. The molecule has 94 valence electrons. The maximum atomic E-state index is 11.4. The number of benzene rings is 1. The lowest BCUT2D eigenvalue weighted by molar-refractivity contribution is -0.110. The van der Waals surface area contributed by atoms with Crippen LogP contribution in [0.1, 0.15) is 25.8 Å². The van der Waals surface area contributed by atoms with Crippen molar-refractivity contribution in [2.75, 3.05) is 12.4 Å². The molecule has 1 N–H and O–H groups in total. The highest BCUT2D eigenvalue weighted by Gasteiger charge is 2.08. The third kappa shape index (κ3) is 4.69. The standard InChI is InChI=1S/C13H18O3S/c1-3-16-12-7-6-11(14)9-10(12)5-8-13(15)17-4-2/h6-7,9,14H,3-5,8H2,1-2H3. The number of aromatic hydroxyl groups is 1. The molecule has 0 bridgehead atoms. The van der Waals surface area contributed by atoms with Crippen LogP contribution in [0.15, 0.2) is 18.2 Å². The van der Waals surface area contributed by atoms with Gasteiger partial charge >= 0.3 is 0 Å². The Labute approximate surface area is 106 Å². The molecule has 1 aromatic rings. The summed E-state index contributed by atoms with van der Waals surface area (Å²) in [4.78, 5) is 11.4. The normalized spacial score (nSPS) is 10.2. The lowest BCUT2D eigenvalue weighted by Crippen LogP contribution is -2.00. The molecule has 0 amide bonds. The van der Waals surface area contributed by atoms with Gasteiger partial charge in [-0.3, -0.25) is 4.79 Å². The van der Waals surface area contributed by atoms with Gasteiger partial charge in [0.2, 0.25) is 0 Å². The Balaban J connectivity index is 2.67. The molecule has 0 heterocycles. The number of phenolic OH excluding ortho intramolecular Hbond substituents is 1. The molecule has 0 aromatic heterocycles. The molecule has 0 spiro atoms. The van der Waals surface area contributed by atoms with Gasteiger partial charge in [-0.15, -0.1) is 0 Å². The second kappa shape index (κ2) is 7.22. The van der Waals surface area contributed by atoms with E-state index < -0.39 is 0 Å². The van der Waals surface area contributed by atoms with E-state index in [-0.39, 0.29) is 10.9 Å². The van der Waals surface area contributed by atoms with Crippen LogP contribution in [0, 0.1) is 0 Å². The van der Waals surface area contributed by atoms with Gasteiger partial charge in [0.25, 0.3) is 0 Å². The van der Waals surface area contributed by atoms with Crippen molar-refractivity contribution in [1.29, 1.82) is 0 Å². The molecule has 1 rings (SSSR count). The summed E-state index contributed by atoms with van der Waals surface area (Å²) in [7, 11) is 0. The molecule has 0 fully saturated rings. The SMILES string of the molecule is CCOc1ccc(O)cc1CCC(=O)SCC. The van der Waals surface area contributed by atoms with Crippen LogP contribution in [0.3, 0.4) is 0 Å². The van der Waals surface area contributed by atoms with Crippen molar-refractivity contribution in [1.82, 2.24) is 0 Å². The van der Waals surface area contributed by atoms with Gasteiger partial charge in [-0.05, 0) is 42.9 Å². The molecule has 0 radical (unpaired) electrons. The fraction of sp³-hybridized carbons (Fsp3) is 0.462. The van der Waals surface area contributed by atoms with Crippen LogP contribution in [-0.2, 0) is 11.2 Å². The van der Waals surface area contributed by atoms with E-state index in [1.807, 2.05) is 13.8 Å². The first-order valence-corrected chi connectivity index (χ1v) is 6.76. The number of thioether (sulfide) groups is 1. The number of carbonyl (C=O) groups excluding carboxylic acids is 1. The molecule has 3 nitrogen and oxygen atoms in total. The second-order valence-corrected chi connectivity index (χ2v) is 4.85. The van der Waals surface area contributed by atoms with Gasteiger partial charge in [-0.1, -0.05) is 18.7 Å². The Morgan fingerprint density at radius 3 is 2.82 bits per heavy atom. The molecule has 1 aromatic carbocycles. The van der Waals surface area contributed by atoms with Gasteiger partial charge in [0.1, 0.15) is 11.5 Å².